The molecule has 108 valence electrons. The van der Waals surface area contributed by atoms with Crippen LogP contribution in [0.25, 0.3) is 0 Å². The predicted octanol–water partition coefficient (Wildman–Crippen LogP) is -0.364. The lowest BCUT2D eigenvalue weighted by Gasteiger charge is -2.19. The summed E-state index contributed by atoms with van der Waals surface area (Å²) in [5.74, 6) is -2.06. The van der Waals surface area contributed by atoms with Gasteiger partial charge in [-0.05, 0) is 18.8 Å². The Hall–Kier alpha value is -1.63. The Labute approximate surface area is 111 Å². The first-order valence-corrected chi connectivity index (χ1v) is 6.23. The molecule has 1 saturated carbocycles. The Balaban J connectivity index is 2.48. The van der Waals surface area contributed by atoms with E-state index in [2.05, 4.69) is 5.32 Å². The maximum Gasteiger partial charge on any atom is 0.331 e. The number of carbonyl (C=O) groups excluding carboxylic acids is 2. The van der Waals surface area contributed by atoms with Gasteiger partial charge in [0.1, 0.15) is 5.54 Å². The van der Waals surface area contributed by atoms with Crippen molar-refractivity contribution in [1.29, 1.82) is 0 Å². The number of nitrogens with two attached hydrogens (primary N) is 1. The van der Waals surface area contributed by atoms with E-state index in [1.54, 1.807) is 0 Å². The van der Waals surface area contributed by atoms with Crippen molar-refractivity contribution >= 4 is 17.8 Å². The zero-order valence-corrected chi connectivity index (χ0v) is 11.1. The third-order valence-corrected chi connectivity index (χ3v) is 2.78. The maximum absolute atomic E-state index is 11.8. The fraction of sp³-hybridized carbons (Fsp3) is 0.750. The first-order chi connectivity index (χ1) is 8.77. The van der Waals surface area contributed by atoms with Crippen LogP contribution in [-0.2, 0) is 19.1 Å². The van der Waals surface area contributed by atoms with Crippen molar-refractivity contribution in [3.63, 3.8) is 0 Å². The summed E-state index contributed by atoms with van der Waals surface area (Å²) in [6.45, 7) is 4.11. The number of rotatable bonds is 7. The van der Waals surface area contributed by atoms with E-state index in [-0.39, 0.29) is 12.5 Å². The molecule has 0 saturated heterocycles. The molecule has 1 amide bonds. The van der Waals surface area contributed by atoms with Gasteiger partial charge < -0.3 is 20.9 Å². The molecule has 1 atom stereocenters. The number of carboxylic acid groups (broad SMARTS) is 1. The van der Waals surface area contributed by atoms with E-state index < -0.39 is 35.8 Å². The Bertz CT molecular complexity index is 376. The highest BCUT2D eigenvalue weighted by Gasteiger charge is 2.53. The highest BCUT2D eigenvalue weighted by molar-refractivity contribution is 5.93. The molecule has 1 fully saturated rings. The van der Waals surface area contributed by atoms with Crippen molar-refractivity contribution in [3.8, 4) is 0 Å². The van der Waals surface area contributed by atoms with Crippen LogP contribution < -0.4 is 11.1 Å². The van der Waals surface area contributed by atoms with Gasteiger partial charge in [0.2, 0.25) is 5.91 Å². The smallest absolute Gasteiger partial charge is 0.331 e. The van der Waals surface area contributed by atoms with Crippen molar-refractivity contribution < 1.29 is 24.2 Å². The van der Waals surface area contributed by atoms with E-state index in [1.165, 1.54) is 0 Å². The topological polar surface area (TPSA) is 119 Å². The highest BCUT2D eigenvalue weighted by atomic mass is 16.5. The lowest BCUT2D eigenvalue weighted by Crippen LogP contribution is -2.51. The Morgan fingerprint density at radius 2 is 1.95 bits per heavy atom. The molecular weight excluding hydrogens is 252 g/mol. The summed E-state index contributed by atoms with van der Waals surface area (Å²) in [5.41, 5.74) is 4.43. The Morgan fingerprint density at radius 1 is 1.37 bits per heavy atom. The van der Waals surface area contributed by atoms with Gasteiger partial charge in [0.25, 0.3) is 0 Å². The van der Waals surface area contributed by atoms with Crippen LogP contribution in [0.2, 0.25) is 0 Å². The van der Waals surface area contributed by atoms with Crippen LogP contribution in [0.3, 0.4) is 0 Å². The summed E-state index contributed by atoms with van der Waals surface area (Å²) < 4.78 is 5.08. The zero-order chi connectivity index (χ0) is 14.6. The minimum atomic E-state index is -1.16. The van der Waals surface area contributed by atoms with Crippen molar-refractivity contribution in [3.05, 3.63) is 0 Å². The molecule has 7 nitrogen and oxygen atoms in total. The first kappa shape index (κ1) is 15.4. The fourth-order valence-electron chi connectivity index (χ4n) is 1.50. The van der Waals surface area contributed by atoms with Gasteiger partial charge in [0.05, 0.1) is 19.1 Å². The highest BCUT2D eigenvalue weighted by Crippen LogP contribution is 2.36. The molecule has 0 aromatic carbocycles. The van der Waals surface area contributed by atoms with Crippen LogP contribution in [0.15, 0.2) is 0 Å². The van der Waals surface area contributed by atoms with Gasteiger partial charge in [0, 0.05) is 0 Å². The van der Waals surface area contributed by atoms with Crippen LogP contribution in [0, 0.1) is 5.92 Å². The number of esters is 1. The normalized spacial score (nSPS) is 17.7. The second-order valence-electron chi connectivity index (χ2n) is 5.27. The fourth-order valence-corrected chi connectivity index (χ4v) is 1.50. The Morgan fingerprint density at radius 3 is 2.37 bits per heavy atom. The zero-order valence-electron chi connectivity index (χ0n) is 11.1. The van der Waals surface area contributed by atoms with E-state index in [0.29, 0.717) is 12.8 Å². The van der Waals surface area contributed by atoms with Gasteiger partial charge in [-0.15, -0.1) is 0 Å². The number of hydrogen-bond acceptors (Lipinski definition) is 5. The van der Waals surface area contributed by atoms with Crippen LogP contribution in [0.1, 0.15) is 33.1 Å². The molecule has 0 aliphatic heterocycles. The predicted molar refractivity (Wildman–Crippen MR) is 66.1 cm³/mol. The summed E-state index contributed by atoms with van der Waals surface area (Å²) >= 11 is 0. The van der Waals surface area contributed by atoms with Crippen molar-refractivity contribution in [1.82, 2.24) is 5.32 Å². The van der Waals surface area contributed by atoms with Crippen LogP contribution in [0.4, 0.5) is 0 Å². The molecule has 19 heavy (non-hydrogen) atoms. The number of ether oxygens (including phenoxy) is 1. The van der Waals surface area contributed by atoms with Crippen molar-refractivity contribution in [2.45, 2.75) is 44.7 Å². The number of carbonyl (C=O) groups is 3. The van der Waals surface area contributed by atoms with Gasteiger partial charge in [-0.1, -0.05) is 13.8 Å². The molecule has 0 bridgehead atoms. The minimum Gasteiger partial charge on any atom is -0.481 e. The maximum atomic E-state index is 11.8. The molecule has 1 aliphatic rings. The standard InChI is InChI=1S/C12H20N2O5/c1-7(2)6-19-11(18)12(3-4-12)14-10(17)8(13)5-9(15)16/h7-8H,3-6,13H2,1-2H3,(H,14,17)(H,15,16)/t8-/m0/s1. The quantitative estimate of drug-likeness (QED) is 0.544. The van der Waals surface area contributed by atoms with E-state index in [4.69, 9.17) is 15.6 Å². The van der Waals surface area contributed by atoms with Gasteiger partial charge in [0.15, 0.2) is 0 Å². The second kappa shape index (κ2) is 6.01. The van der Waals surface area contributed by atoms with Crippen molar-refractivity contribution in [2.75, 3.05) is 6.61 Å². The number of carboxylic acids is 1. The third kappa shape index (κ3) is 4.51. The Kier molecular flexibility index (Phi) is 4.88. The lowest BCUT2D eigenvalue weighted by atomic mass is 10.1. The summed E-state index contributed by atoms with van der Waals surface area (Å²) in [5, 5.41) is 11.0. The van der Waals surface area contributed by atoms with E-state index in [0.717, 1.165) is 0 Å². The molecule has 4 N–H and O–H groups in total. The van der Waals surface area contributed by atoms with Crippen LogP contribution in [-0.4, -0.2) is 41.1 Å². The van der Waals surface area contributed by atoms with Crippen LogP contribution >= 0.6 is 0 Å². The van der Waals surface area contributed by atoms with E-state index in [9.17, 15) is 14.4 Å². The minimum absolute atomic E-state index is 0.213. The molecule has 0 aromatic rings. The molecule has 1 rings (SSSR count). The average Bonchev–Trinajstić information content (AvgIpc) is 3.05. The van der Waals surface area contributed by atoms with Gasteiger partial charge >= 0.3 is 11.9 Å². The lowest BCUT2D eigenvalue weighted by molar-refractivity contribution is -0.150. The van der Waals surface area contributed by atoms with Gasteiger partial charge in [-0.2, -0.15) is 0 Å². The molecule has 0 heterocycles. The van der Waals surface area contributed by atoms with Crippen molar-refractivity contribution in [2.24, 2.45) is 11.7 Å². The largest absolute Gasteiger partial charge is 0.481 e. The number of nitrogens with one attached hydrogen (secondary N) is 1. The van der Waals surface area contributed by atoms with E-state index >= 15 is 0 Å². The molecular formula is C12H20N2O5. The second-order valence-corrected chi connectivity index (χ2v) is 5.27. The summed E-state index contributed by atoms with van der Waals surface area (Å²) in [7, 11) is 0. The third-order valence-electron chi connectivity index (χ3n) is 2.78. The summed E-state index contributed by atoms with van der Waals surface area (Å²) in [4.78, 5) is 33.9. The van der Waals surface area contributed by atoms with E-state index in [1.807, 2.05) is 13.8 Å². The number of hydrogen-bond donors (Lipinski definition) is 3. The monoisotopic (exact) mass is 272 g/mol. The van der Waals surface area contributed by atoms with Crippen LogP contribution in [0.5, 0.6) is 0 Å². The number of aliphatic carboxylic acids is 1. The molecule has 7 heteroatoms. The molecule has 0 spiro atoms. The summed E-state index contributed by atoms with van der Waals surface area (Å²) in [6, 6.07) is -1.16. The molecule has 1 aliphatic carbocycles. The number of amides is 1. The molecule has 0 aromatic heterocycles. The average molecular weight is 272 g/mol. The summed E-state index contributed by atoms with van der Waals surface area (Å²) in [6.07, 6.45) is 0.522. The first-order valence-electron chi connectivity index (χ1n) is 6.23. The van der Waals surface area contributed by atoms with Gasteiger partial charge in [-0.25, -0.2) is 4.79 Å². The molecule has 0 radical (unpaired) electrons. The molecule has 0 unspecified atom stereocenters. The SMILES string of the molecule is CC(C)COC(=O)C1(NC(=O)[C@@H](N)CC(=O)O)CC1. The van der Waals surface area contributed by atoms with Gasteiger partial charge in [-0.3, -0.25) is 9.59 Å².